The molecule has 1 aromatic rings. The lowest BCUT2D eigenvalue weighted by Gasteiger charge is -2.06. The molecule has 0 radical (unpaired) electrons. The molecule has 158 valence electrons. The van der Waals surface area contributed by atoms with Gasteiger partial charge in [0.1, 0.15) is 5.75 Å². The summed E-state index contributed by atoms with van der Waals surface area (Å²) in [6, 6.07) is 6.71. The molecule has 0 bridgehead atoms. The van der Waals surface area contributed by atoms with Crippen molar-refractivity contribution in [2.24, 2.45) is 0 Å². The molecule has 0 aliphatic carbocycles. The highest BCUT2D eigenvalue weighted by atomic mass is 35.5. The van der Waals surface area contributed by atoms with E-state index >= 15 is 0 Å². The van der Waals surface area contributed by atoms with E-state index < -0.39 is 0 Å². The molecule has 1 rings (SSSR count). The van der Waals surface area contributed by atoms with Crippen molar-refractivity contribution >= 4 is 23.5 Å². The van der Waals surface area contributed by atoms with E-state index in [0.29, 0.717) is 36.6 Å². The molecule has 1 aromatic carbocycles. The summed E-state index contributed by atoms with van der Waals surface area (Å²) in [4.78, 5) is 23.4. The van der Waals surface area contributed by atoms with Crippen LogP contribution in [0.2, 0.25) is 5.02 Å². The molecule has 0 atom stereocenters. The second-order valence-electron chi connectivity index (χ2n) is 7.18. The Morgan fingerprint density at radius 2 is 1.29 bits per heavy atom. The number of benzene rings is 1. The van der Waals surface area contributed by atoms with Crippen LogP contribution in [0.4, 0.5) is 0 Å². The van der Waals surface area contributed by atoms with Gasteiger partial charge in [-0.15, -0.1) is 0 Å². The highest BCUT2D eigenvalue weighted by Gasteiger charge is 2.06. The Kier molecular flexibility index (Phi) is 14.4. The van der Waals surface area contributed by atoms with Crippen LogP contribution < -0.4 is 4.74 Å². The lowest BCUT2D eigenvalue weighted by Crippen LogP contribution is -2.08. The molecule has 0 aromatic heterocycles. The number of ether oxygens (including phenoxy) is 2. The highest BCUT2D eigenvalue weighted by molar-refractivity contribution is 6.30. The van der Waals surface area contributed by atoms with E-state index in [1.807, 2.05) is 0 Å². The Labute approximate surface area is 174 Å². The minimum Gasteiger partial charge on any atom is -0.466 e. The first-order chi connectivity index (χ1) is 13.6. The summed E-state index contributed by atoms with van der Waals surface area (Å²) in [5, 5.41) is 0.606. The van der Waals surface area contributed by atoms with Gasteiger partial charge >= 0.3 is 11.9 Å². The molecule has 5 heteroatoms. The summed E-state index contributed by atoms with van der Waals surface area (Å²) in [5.74, 6) is 0.102. The third kappa shape index (κ3) is 13.6. The zero-order valence-electron chi connectivity index (χ0n) is 17.2. The summed E-state index contributed by atoms with van der Waals surface area (Å²) in [7, 11) is 0. The average Bonchev–Trinajstić information content (AvgIpc) is 2.68. The van der Waals surface area contributed by atoms with E-state index in [4.69, 9.17) is 21.1 Å². The van der Waals surface area contributed by atoms with Gasteiger partial charge in [0.15, 0.2) is 0 Å². The van der Waals surface area contributed by atoms with Gasteiger partial charge in [0.05, 0.1) is 6.61 Å². The van der Waals surface area contributed by atoms with Crippen LogP contribution in [0.15, 0.2) is 24.3 Å². The Hall–Kier alpha value is -1.55. The summed E-state index contributed by atoms with van der Waals surface area (Å²) < 4.78 is 10.5. The minimum atomic E-state index is -0.264. The fourth-order valence-corrected chi connectivity index (χ4v) is 3.02. The number of unbranched alkanes of at least 4 members (excludes halogenated alkanes) is 9. The number of esters is 2. The van der Waals surface area contributed by atoms with Crippen LogP contribution in [0.5, 0.6) is 5.75 Å². The number of hydrogen-bond acceptors (Lipinski definition) is 4. The van der Waals surface area contributed by atoms with Crippen molar-refractivity contribution in [3.05, 3.63) is 29.3 Å². The quantitative estimate of drug-likeness (QED) is 0.169. The number of rotatable bonds is 16. The molecule has 0 heterocycles. The number of carbonyl (C=O) groups is 2. The van der Waals surface area contributed by atoms with Gasteiger partial charge in [-0.05, 0) is 43.5 Å². The van der Waals surface area contributed by atoms with Crippen LogP contribution in [0.1, 0.15) is 90.4 Å². The first kappa shape index (κ1) is 24.5. The molecule has 0 aliphatic heterocycles. The second-order valence-corrected chi connectivity index (χ2v) is 7.62. The van der Waals surface area contributed by atoms with Gasteiger partial charge < -0.3 is 9.47 Å². The van der Waals surface area contributed by atoms with E-state index in [0.717, 1.165) is 25.7 Å². The van der Waals surface area contributed by atoms with Crippen molar-refractivity contribution in [2.45, 2.75) is 90.4 Å². The lowest BCUT2D eigenvalue weighted by atomic mass is 10.1. The van der Waals surface area contributed by atoms with Crippen molar-refractivity contribution in [3.8, 4) is 5.75 Å². The van der Waals surface area contributed by atoms with Crippen LogP contribution in [0.25, 0.3) is 0 Å². The largest absolute Gasteiger partial charge is 0.466 e. The number of hydrogen-bond donors (Lipinski definition) is 0. The van der Waals surface area contributed by atoms with Gasteiger partial charge in [-0.3, -0.25) is 9.59 Å². The van der Waals surface area contributed by atoms with Crippen LogP contribution in [0, 0.1) is 0 Å². The number of halogens is 1. The SMILES string of the molecule is CCCCCCCCCCOC(=O)CCCCCC(=O)Oc1ccc(Cl)cc1. The highest BCUT2D eigenvalue weighted by Crippen LogP contribution is 2.16. The van der Waals surface area contributed by atoms with E-state index in [1.54, 1.807) is 24.3 Å². The Morgan fingerprint density at radius 1 is 0.750 bits per heavy atom. The molecule has 0 unspecified atom stereocenters. The van der Waals surface area contributed by atoms with Gasteiger partial charge in [-0.1, -0.05) is 69.9 Å². The summed E-state index contributed by atoms with van der Waals surface area (Å²) in [5.41, 5.74) is 0. The molecule has 0 saturated heterocycles. The summed E-state index contributed by atoms with van der Waals surface area (Å²) in [6.07, 6.45) is 12.9. The van der Waals surface area contributed by atoms with Crippen molar-refractivity contribution in [1.29, 1.82) is 0 Å². The molecule has 0 fully saturated rings. The van der Waals surface area contributed by atoms with Crippen molar-refractivity contribution in [3.63, 3.8) is 0 Å². The van der Waals surface area contributed by atoms with Gasteiger partial charge in [-0.25, -0.2) is 0 Å². The van der Waals surface area contributed by atoms with Crippen LogP contribution in [-0.4, -0.2) is 18.5 Å². The standard InChI is InChI=1S/C23H35ClO4/c1-2-3-4-5-6-7-8-12-19-27-22(25)13-10-9-11-14-23(26)28-21-17-15-20(24)16-18-21/h15-18H,2-14,19H2,1H3. The number of carbonyl (C=O) groups excluding carboxylic acids is 2. The van der Waals surface area contributed by atoms with Crippen LogP contribution in [-0.2, 0) is 14.3 Å². The Balaban J connectivity index is 1.90. The molecule has 4 nitrogen and oxygen atoms in total. The molecule has 0 N–H and O–H groups in total. The zero-order valence-corrected chi connectivity index (χ0v) is 18.0. The molecule has 0 amide bonds. The van der Waals surface area contributed by atoms with E-state index in [-0.39, 0.29) is 11.9 Å². The van der Waals surface area contributed by atoms with Crippen molar-refractivity contribution < 1.29 is 19.1 Å². The van der Waals surface area contributed by atoms with E-state index in [2.05, 4.69) is 6.92 Å². The Morgan fingerprint density at radius 3 is 1.93 bits per heavy atom. The summed E-state index contributed by atoms with van der Waals surface area (Å²) >= 11 is 5.79. The van der Waals surface area contributed by atoms with Crippen molar-refractivity contribution in [1.82, 2.24) is 0 Å². The third-order valence-corrected chi connectivity index (χ3v) is 4.82. The minimum absolute atomic E-state index is 0.133. The summed E-state index contributed by atoms with van der Waals surface area (Å²) in [6.45, 7) is 2.76. The molecular formula is C23H35ClO4. The average molecular weight is 411 g/mol. The molecule has 0 spiro atoms. The molecule has 28 heavy (non-hydrogen) atoms. The fraction of sp³-hybridized carbons (Fsp3) is 0.652. The van der Waals surface area contributed by atoms with E-state index in [9.17, 15) is 9.59 Å². The topological polar surface area (TPSA) is 52.6 Å². The zero-order chi connectivity index (χ0) is 20.5. The lowest BCUT2D eigenvalue weighted by molar-refractivity contribution is -0.143. The monoisotopic (exact) mass is 410 g/mol. The predicted molar refractivity (Wildman–Crippen MR) is 114 cm³/mol. The van der Waals surface area contributed by atoms with Crippen LogP contribution >= 0.6 is 11.6 Å². The molecule has 0 saturated carbocycles. The maximum atomic E-state index is 11.7. The fourth-order valence-electron chi connectivity index (χ4n) is 2.89. The van der Waals surface area contributed by atoms with E-state index in [1.165, 1.54) is 38.5 Å². The third-order valence-electron chi connectivity index (χ3n) is 4.57. The first-order valence-corrected chi connectivity index (χ1v) is 11.1. The van der Waals surface area contributed by atoms with Gasteiger partial charge in [0.25, 0.3) is 0 Å². The van der Waals surface area contributed by atoms with Gasteiger partial charge in [0.2, 0.25) is 0 Å². The normalized spacial score (nSPS) is 10.6. The van der Waals surface area contributed by atoms with Crippen molar-refractivity contribution in [2.75, 3.05) is 6.61 Å². The molecule has 0 aliphatic rings. The molecular weight excluding hydrogens is 376 g/mol. The van der Waals surface area contributed by atoms with Crippen LogP contribution in [0.3, 0.4) is 0 Å². The van der Waals surface area contributed by atoms with Gasteiger partial charge in [-0.2, -0.15) is 0 Å². The smallest absolute Gasteiger partial charge is 0.311 e. The second kappa shape index (κ2) is 16.4. The first-order valence-electron chi connectivity index (χ1n) is 10.7. The predicted octanol–water partition coefficient (Wildman–Crippen LogP) is 6.88. The maximum absolute atomic E-state index is 11.7. The maximum Gasteiger partial charge on any atom is 0.311 e. The Bertz CT molecular complexity index is 542. The van der Waals surface area contributed by atoms with Gasteiger partial charge in [0, 0.05) is 17.9 Å².